The number of hydrazone groups is 1. The van der Waals surface area contributed by atoms with Gasteiger partial charge in [-0.15, -0.1) is 10.2 Å². The smallest absolute Gasteiger partial charge is 0.264 e. The fraction of sp³-hybridized carbons (Fsp3) is 0.438. The van der Waals surface area contributed by atoms with Crippen molar-refractivity contribution < 1.29 is 0 Å². The fourth-order valence-corrected chi connectivity index (χ4v) is 3.40. The summed E-state index contributed by atoms with van der Waals surface area (Å²) in [5.41, 5.74) is 6.64. The molecule has 1 fully saturated rings. The van der Waals surface area contributed by atoms with Gasteiger partial charge in [0.1, 0.15) is 0 Å². The number of hydrogen-bond acceptors (Lipinski definition) is 6. The van der Waals surface area contributed by atoms with Crippen molar-refractivity contribution in [2.45, 2.75) is 49.9 Å². The monoisotopic (exact) mass is 330 g/mol. The quantitative estimate of drug-likeness (QED) is 0.499. The molecule has 1 heterocycles. The summed E-state index contributed by atoms with van der Waals surface area (Å²) < 4.78 is 1.47. The van der Waals surface area contributed by atoms with Crippen molar-refractivity contribution in [3.05, 3.63) is 35.4 Å². The van der Waals surface area contributed by atoms with E-state index in [1.807, 2.05) is 0 Å². The molecule has 0 atom stereocenters. The summed E-state index contributed by atoms with van der Waals surface area (Å²) in [4.78, 5) is 0. The van der Waals surface area contributed by atoms with Gasteiger partial charge in [-0.05, 0) is 38.2 Å². The van der Waals surface area contributed by atoms with Crippen molar-refractivity contribution in [1.29, 1.82) is 0 Å². The van der Waals surface area contributed by atoms with Crippen LogP contribution >= 0.6 is 11.8 Å². The lowest BCUT2D eigenvalue weighted by Crippen LogP contribution is -2.14. The first kappa shape index (κ1) is 15.9. The van der Waals surface area contributed by atoms with Gasteiger partial charge < -0.3 is 5.84 Å². The number of aryl methyl sites for hydroxylation is 1. The van der Waals surface area contributed by atoms with Crippen LogP contribution < -0.4 is 11.3 Å². The molecule has 3 N–H and O–H groups in total. The summed E-state index contributed by atoms with van der Waals surface area (Å²) in [6, 6.07) is 8.42. The second kappa shape index (κ2) is 7.50. The highest BCUT2D eigenvalue weighted by molar-refractivity contribution is 7.98. The maximum Gasteiger partial charge on any atom is 0.264 e. The predicted octanol–water partition coefficient (Wildman–Crippen LogP) is 3.32. The SMILES string of the molecule is Cc1cccc(CSc2nnc(NN=C3CCCCC3)n2N)c1. The zero-order valence-electron chi connectivity index (χ0n) is 13.3. The summed E-state index contributed by atoms with van der Waals surface area (Å²) in [7, 11) is 0. The number of hydrogen-bond donors (Lipinski definition) is 2. The van der Waals surface area contributed by atoms with Crippen LogP contribution in [-0.4, -0.2) is 20.6 Å². The Hall–Kier alpha value is -2.02. The lowest BCUT2D eigenvalue weighted by Gasteiger charge is -2.12. The third-order valence-electron chi connectivity index (χ3n) is 3.86. The molecule has 1 aromatic carbocycles. The van der Waals surface area contributed by atoms with Crippen LogP contribution in [0.3, 0.4) is 0 Å². The van der Waals surface area contributed by atoms with E-state index in [0.717, 1.165) is 18.6 Å². The molecule has 1 saturated carbocycles. The molecule has 7 heteroatoms. The molecule has 1 aliphatic carbocycles. The molecule has 23 heavy (non-hydrogen) atoms. The van der Waals surface area contributed by atoms with Crippen LogP contribution in [0.5, 0.6) is 0 Å². The van der Waals surface area contributed by atoms with E-state index in [1.165, 1.54) is 40.8 Å². The highest BCUT2D eigenvalue weighted by Gasteiger charge is 2.11. The first-order chi connectivity index (χ1) is 11.2. The Kier molecular flexibility index (Phi) is 5.17. The largest absolute Gasteiger partial charge is 0.334 e. The molecule has 0 amide bonds. The van der Waals surface area contributed by atoms with E-state index in [9.17, 15) is 0 Å². The van der Waals surface area contributed by atoms with Crippen molar-refractivity contribution in [2.24, 2.45) is 5.10 Å². The van der Waals surface area contributed by atoms with Gasteiger partial charge >= 0.3 is 0 Å². The van der Waals surface area contributed by atoms with Crippen molar-refractivity contribution in [2.75, 3.05) is 11.3 Å². The van der Waals surface area contributed by atoms with E-state index < -0.39 is 0 Å². The zero-order valence-corrected chi connectivity index (χ0v) is 14.1. The van der Waals surface area contributed by atoms with Crippen LogP contribution in [0.1, 0.15) is 43.2 Å². The van der Waals surface area contributed by atoms with E-state index in [0.29, 0.717) is 11.1 Å². The van der Waals surface area contributed by atoms with E-state index in [2.05, 4.69) is 51.9 Å². The van der Waals surface area contributed by atoms with E-state index in [1.54, 1.807) is 11.8 Å². The number of anilines is 1. The van der Waals surface area contributed by atoms with Gasteiger partial charge in [0, 0.05) is 11.5 Å². The Morgan fingerprint density at radius 1 is 1.26 bits per heavy atom. The minimum absolute atomic E-state index is 0.481. The topological polar surface area (TPSA) is 81.1 Å². The van der Waals surface area contributed by atoms with Crippen LogP contribution in [0, 0.1) is 6.92 Å². The van der Waals surface area contributed by atoms with E-state index in [4.69, 9.17) is 5.84 Å². The lowest BCUT2D eigenvalue weighted by atomic mass is 9.99. The summed E-state index contributed by atoms with van der Waals surface area (Å²) in [6.07, 6.45) is 5.84. The van der Waals surface area contributed by atoms with Crippen molar-refractivity contribution >= 4 is 23.4 Å². The standard InChI is InChI=1S/C16H22N6S/c1-12-6-5-7-13(10-12)11-23-16-21-20-15(22(16)17)19-18-14-8-3-2-4-9-14/h5-7,10H,2-4,8-9,11,17H2,1H3,(H,19,20). The first-order valence-electron chi connectivity index (χ1n) is 7.92. The molecule has 0 bridgehead atoms. The first-order valence-corrected chi connectivity index (χ1v) is 8.91. The van der Waals surface area contributed by atoms with E-state index in [-0.39, 0.29) is 0 Å². The van der Waals surface area contributed by atoms with Crippen LogP contribution in [-0.2, 0) is 5.75 Å². The Bertz CT molecular complexity index is 686. The normalized spacial score (nSPS) is 14.7. The number of nitrogens with zero attached hydrogens (tertiary/aromatic N) is 4. The Labute approximate surface area is 140 Å². The Balaban J connectivity index is 1.60. The van der Waals surface area contributed by atoms with Gasteiger partial charge in [0.05, 0.1) is 0 Å². The number of rotatable bonds is 5. The maximum absolute atomic E-state index is 6.05. The van der Waals surface area contributed by atoms with Crippen LogP contribution in [0.2, 0.25) is 0 Å². The number of benzene rings is 1. The Morgan fingerprint density at radius 3 is 2.87 bits per heavy atom. The van der Waals surface area contributed by atoms with Gasteiger partial charge in [0.25, 0.3) is 5.95 Å². The molecule has 2 aromatic rings. The molecule has 0 radical (unpaired) electrons. The summed E-state index contributed by atoms with van der Waals surface area (Å²) >= 11 is 1.57. The molecule has 122 valence electrons. The van der Waals surface area contributed by atoms with Gasteiger partial charge in [-0.25, -0.2) is 10.1 Å². The highest BCUT2D eigenvalue weighted by atomic mass is 32.2. The van der Waals surface area contributed by atoms with Gasteiger partial charge in [-0.2, -0.15) is 5.10 Å². The highest BCUT2D eigenvalue weighted by Crippen LogP contribution is 2.22. The summed E-state index contributed by atoms with van der Waals surface area (Å²) in [6.45, 7) is 2.09. The molecule has 0 unspecified atom stereocenters. The number of nitrogens with one attached hydrogen (secondary N) is 1. The molecule has 0 saturated heterocycles. The predicted molar refractivity (Wildman–Crippen MR) is 95.1 cm³/mol. The minimum atomic E-state index is 0.481. The molecular formula is C16H22N6S. The molecule has 0 aliphatic heterocycles. The van der Waals surface area contributed by atoms with Gasteiger partial charge in [-0.1, -0.05) is 48.0 Å². The molecular weight excluding hydrogens is 308 g/mol. The molecule has 1 aromatic heterocycles. The van der Waals surface area contributed by atoms with E-state index >= 15 is 0 Å². The second-order valence-corrected chi connectivity index (χ2v) is 6.75. The van der Waals surface area contributed by atoms with Crippen molar-refractivity contribution in [1.82, 2.24) is 14.9 Å². The zero-order chi connectivity index (χ0) is 16.1. The maximum atomic E-state index is 6.05. The van der Waals surface area contributed by atoms with Gasteiger partial charge in [0.2, 0.25) is 5.16 Å². The van der Waals surface area contributed by atoms with Crippen LogP contribution in [0.15, 0.2) is 34.5 Å². The van der Waals surface area contributed by atoms with Gasteiger partial charge in [0.15, 0.2) is 0 Å². The number of nitrogens with two attached hydrogens (primary N) is 1. The Morgan fingerprint density at radius 2 is 2.09 bits per heavy atom. The fourth-order valence-electron chi connectivity index (χ4n) is 2.60. The average molecular weight is 330 g/mol. The van der Waals surface area contributed by atoms with Crippen molar-refractivity contribution in [3.63, 3.8) is 0 Å². The molecule has 3 rings (SSSR count). The molecule has 0 spiro atoms. The summed E-state index contributed by atoms with van der Waals surface area (Å²) in [5, 5.41) is 13.3. The number of nitrogen functional groups attached to an aromatic ring is 1. The number of thioether (sulfide) groups is 1. The average Bonchev–Trinajstić information content (AvgIpc) is 2.92. The number of aromatic nitrogens is 3. The molecule has 1 aliphatic rings. The third-order valence-corrected chi connectivity index (χ3v) is 4.87. The third kappa shape index (κ3) is 4.25. The van der Waals surface area contributed by atoms with Crippen molar-refractivity contribution in [3.8, 4) is 0 Å². The lowest BCUT2D eigenvalue weighted by molar-refractivity contribution is 0.665. The summed E-state index contributed by atoms with van der Waals surface area (Å²) in [5.74, 6) is 7.34. The minimum Gasteiger partial charge on any atom is -0.334 e. The van der Waals surface area contributed by atoms with Crippen LogP contribution in [0.4, 0.5) is 5.95 Å². The molecule has 6 nitrogen and oxygen atoms in total. The van der Waals surface area contributed by atoms with Gasteiger partial charge in [-0.3, -0.25) is 0 Å². The van der Waals surface area contributed by atoms with Crippen LogP contribution in [0.25, 0.3) is 0 Å². The second-order valence-electron chi connectivity index (χ2n) is 5.80.